The quantitative estimate of drug-likeness (QED) is 0.0251. The molecule has 1 fully saturated rings. The zero-order valence-corrected chi connectivity index (χ0v) is 41.7. The van der Waals surface area contributed by atoms with Crippen LogP contribution in [0.25, 0.3) is 10.8 Å². The summed E-state index contributed by atoms with van der Waals surface area (Å²) in [5.41, 5.74) is 3.89. The van der Waals surface area contributed by atoms with E-state index in [9.17, 15) is 10.2 Å². The second-order valence-corrected chi connectivity index (χ2v) is 19.9. The first-order valence-electron chi connectivity index (χ1n) is 25.6. The number of rotatable bonds is 28. The van der Waals surface area contributed by atoms with E-state index in [2.05, 4.69) is 91.4 Å². The Labute approximate surface area is 410 Å². The Kier molecular flexibility index (Phi) is 19.5. The molecule has 0 radical (unpaired) electrons. The van der Waals surface area contributed by atoms with Gasteiger partial charge in [0.1, 0.15) is 30.4 Å². The van der Waals surface area contributed by atoms with Crippen LogP contribution in [0.15, 0.2) is 119 Å². The van der Waals surface area contributed by atoms with Crippen molar-refractivity contribution >= 4 is 34.2 Å². The fourth-order valence-corrected chi connectivity index (χ4v) is 11.7. The number of aliphatic hydroxyl groups is 2. The summed E-state index contributed by atoms with van der Waals surface area (Å²) in [6.45, 7) is 7.20. The molecule has 0 bridgehead atoms. The molecule has 2 N–H and O–H groups in total. The van der Waals surface area contributed by atoms with E-state index in [4.69, 9.17) is 24.2 Å². The topological polar surface area (TPSA) is 110 Å². The van der Waals surface area contributed by atoms with Crippen molar-refractivity contribution in [2.45, 2.75) is 145 Å². The molecule has 9 nitrogen and oxygen atoms in total. The Bertz CT molecular complexity index is 2290. The predicted octanol–water partition coefficient (Wildman–Crippen LogP) is 13.6. The van der Waals surface area contributed by atoms with Crippen molar-refractivity contribution in [1.29, 1.82) is 0 Å². The molecule has 366 valence electrons. The van der Waals surface area contributed by atoms with Crippen LogP contribution in [0.1, 0.15) is 133 Å². The van der Waals surface area contributed by atoms with Gasteiger partial charge in [0.25, 0.3) is 0 Å². The highest BCUT2D eigenvalue weighted by molar-refractivity contribution is 7.98. The summed E-state index contributed by atoms with van der Waals surface area (Å²) >= 11 is 1.69. The number of aliphatic hydroxyl groups excluding tert-OH is 2. The van der Waals surface area contributed by atoms with Gasteiger partial charge < -0.3 is 34.2 Å². The molecule has 1 heterocycles. The molecule has 6 atom stereocenters. The first-order chi connectivity index (χ1) is 33.4. The van der Waals surface area contributed by atoms with E-state index in [0.29, 0.717) is 43.7 Å². The van der Waals surface area contributed by atoms with Crippen LogP contribution in [0.4, 0.5) is 0 Å². The van der Waals surface area contributed by atoms with Gasteiger partial charge in [-0.3, -0.25) is 4.79 Å². The first kappa shape index (κ1) is 51.2. The van der Waals surface area contributed by atoms with E-state index in [1.807, 2.05) is 24.3 Å². The van der Waals surface area contributed by atoms with E-state index >= 15 is 4.79 Å². The monoisotopic (exact) mass is 945 g/mol. The van der Waals surface area contributed by atoms with E-state index in [1.165, 1.54) is 38.5 Å². The third-order valence-electron chi connectivity index (χ3n) is 14.6. The molecule has 4 aromatic carbocycles. The van der Waals surface area contributed by atoms with Crippen molar-refractivity contribution in [3.63, 3.8) is 0 Å². The molecule has 0 saturated heterocycles. The van der Waals surface area contributed by atoms with Crippen LogP contribution >= 0.6 is 11.8 Å². The molecule has 0 aromatic heterocycles. The number of hydrogen-bond donors (Lipinski definition) is 2. The van der Waals surface area contributed by atoms with Crippen molar-refractivity contribution in [2.75, 3.05) is 33.2 Å². The van der Waals surface area contributed by atoms with Crippen molar-refractivity contribution in [1.82, 2.24) is 4.90 Å². The number of carbonyl (C=O) groups is 1. The van der Waals surface area contributed by atoms with Crippen LogP contribution in [0.5, 0.6) is 17.2 Å². The molecule has 2 aliphatic carbocycles. The Hall–Kier alpha value is -4.61. The van der Waals surface area contributed by atoms with Gasteiger partial charge in [-0.05, 0) is 115 Å². The first-order valence-corrected chi connectivity index (χ1v) is 26.8. The van der Waals surface area contributed by atoms with E-state index in [0.717, 1.165) is 88.8 Å². The molecule has 0 spiro atoms. The highest BCUT2D eigenvalue weighted by atomic mass is 32.2. The lowest BCUT2D eigenvalue weighted by atomic mass is 9.55. The second kappa shape index (κ2) is 25.8. The molecular formula is C58H76N2O7S. The smallest absolute Gasteiger partial charge is 0.239 e. The van der Waals surface area contributed by atoms with Gasteiger partial charge in [0.2, 0.25) is 11.7 Å². The summed E-state index contributed by atoms with van der Waals surface area (Å²) in [7, 11) is 1.60. The minimum atomic E-state index is -1.34. The zero-order valence-electron chi connectivity index (χ0n) is 40.9. The van der Waals surface area contributed by atoms with Gasteiger partial charge >= 0.3 is 0 Å². The Morgan fingerprint density at radius 1 is 0.868 bits per heavy atom. The molecule has 1 aliphatic heterocycles. The Morgan fingerprint density at radius 2 is 1.57 bits per heavy atom. The largest absolute Gasteiger partial charge is 0.459 e. The molecule has 68 heavy (non-hydrogen) atoms. The molecule has 1 saturated carbocycles. The van der Waals surface area contributed by atoms with Gasteiger partial charge in [-0.15, -0.1) is 18.3 Å². The third-order valence-corrected chi connectivity index (χ3v) is 15.3. The molecule has 7 rings (SSSR count). The summed E-state index contributed by atoms with van der Waals surface area (Å²) in [6, 6.07) is 28.4. The molecule has 10 heteroatoms. The number of hydrogen-bond acceptors (Lipinski definition) is 9. The lowest BCUT2D eigenvalue weighted by Crippen LogP contribution is -2.70. The number of carbonyl (C=O) groups excluding carboxylic acids is 1. The number of nitrogens with zero attached hydrogens (tertiary/aromatic N) is 2. The number of fused-ring (bicyclic) bond motifs is 3. The maximum absolute atomic E-state index is 15.4. The van der Waals surface area contributed by atoms with Gasteiger partial charge in [0.15, 0.2) is 0 Å². The van der Waals surface area contributed by atoms with E-state index in [-0.39, 0.29) is 43.5 Å². The molecule has 4 aromatic rings. The van der Waals surface area contributed by atoms with Gasteiger partial charge in [-0.2, -0.15) is 0 Å². The minimum absolute atomic E-state index is 0.0658. The van der Waals surface area contributed by atoms with Crippen molar-refractivity contribution in [2.24, 2.45) is 22.9 Å². The standard InChI is InChI=1S/C58H76N2O7S/c1-5-7-8-9-10-11-12-13-14-28-55(63)60(41-44-25-21-24-42-22-15-16-26-48(42)44)54-40-52(59-64-3)50-38-43(23-17-19-35-61)49(27-18-20-36-62)56-51-39-46(66-45-29-32-47(68-4)33-30-45)31-34-53(51)67-58(54,57(50)56)65-37-6-2/h6,15-16,21-22,24-26,29-34,38-39,43,49,54,56-57,61-62H,2,5,7-14,17-20,23,27-28,35-37,40-41H2,1,3-4H3/t43-,49+,54-,56+,57+,58+/m0/s1. The molecule has 0 unspecified atom stereocenters. The van der Waals surface area contributed by atoms with Gasteiger partial charge in [0.05, 0.1) is 18.2 Å². The van der Waals surface area contributed by atoms with Crippen LogP contribution in [0, 0.1) is 17.8 Å². The summed E-state index contributed by atoms with van der Waals surface area (Å²) < 4.78 is 21.5. The maximum atomic E-state index is 15.4. The SMILES string of the molecule is C=CCO[C@@]12Oc3ccc(Oc4ccc(SC)cc4)cc3[C@H]3[C@H](CCCCO)[C@@H](CCCCO)C=C(C(=NOC)C[C@@H]1N(Cc1cccc4ccccc14)C(=O)CCCCCCCCCCC)[C@H]32. The number of allylic oxidation sites excluding steroid dienone is 1. The summed E-state index contributed by atoms with van der Waals surface area (Å²) in [6.07, 6.45) is 22.3. The van der Waals surface area contributed by atoms with Gasteiger partial charge in [-0.25, -0.2) is 0 Å². The number of ether oxygens (including phenoxy) is 3. The minimum Gasteiger partial charge on any atom is -0.459 e. The molecular weight excluding hydrogens is 869 g/mol. The van der Waals surface area contributed by atoms with Crippen molar-refractivity contribution in [3.05, 3.63) is 120 Å². The van der Waals surface area contributed by atoms with Crippen LogP contribution < -0.4 is 9.47 Å². The van der Waals surface area contributed by atoms with E-state index in [1.54, 1.807) is 24.9 Å². The Morgan fingerprint density at radius 3 is 2.29 bits per heavy atom. The maximum Gasteiger partial charge on any atom is 0.239 e. The second-order valence-electron chi connectivity index (χ2n) is 19.0. The normalized spacial score (nSPS) is 22.2. The summed E-state index contributed by atoms with van der Waals surface area (Å²) in [5, 5.41) is 27.1. The molecule has 1 amide bonds. The van der Waals surface area contributed by atoms with Crippen LogP contribution in [0.3, 0.4) is 0 Å². The number of amides is 1. The van der Waals surface area contributed by atoms with E-state index < -0.39 is 17.7 Å². The predicted molar refractivity (Wildman–Crippen MR) is 277 cm³/mol. The number of benzene rings is 4. The lowest BCUT2D eigenvalue weighted by molar-refractivity contribution is -0.258. The van der Waals surface area contributed by atoms with Crippen molar-refractivity contribution in [3.8, 4) is 17.2 Å². The van der Waals surface area contributed by atoms with Crippen LogP contribution in [-0.4, -0.2) is 71.7 Å². The van der Waals surface area contributed by atoms with Crippen LogP contribution in [-0.2, 0) is 20.9 Å². The average molecular weight is 945 g/mol. The molecule has 3 aliphatic rings. The van der Waals surface area contributed by atoms with Crippen LogP contribution in [0.2, 0.25) is 0 Å². The van der Waals surface area contributed by atoms with Crippen molar-refractivity contribution < 1.29 is 34.1 Å². The zero-order chi connectivity index (χ0) is 47.7. The number of unbranched alkanes of at least 4 members (excludes halogenated alkanes) is 10. The number of oxime groups is 1. The average Bonchev–Trinajstić information content (AvgIpc) is 3.36. The fourth-order valence-electron chi connectivity index (χ4n) is 11.3. The number of thioether (sulfide) groups is 1. The van der Waals surface area contributed by atoms with Gasteiger partial charge in [-0.1, -0.05) is 131 Å². The fraction of sp³-hybridized carbons (Fsp3) is 0.517. The third kappa shape index (κ3) is 12.2. The summed E-state index contributed by atoms with van der Waals surface area (Å²) in [4.78, 5) is 24.3. The Balaban J connectivity index is 1.37. The highest BCUT2D eigenvalue weighted by Crippen LogP contribution is 2.62. The highest BCUT2D eigenvalue weighted by Gasteiger charge is 2.65. The summed E-state index contributed by atoms with van der Waals surface area (Å²) in [5.74, 6) is 0.557. The lowest BCUT2D eigenvalue weighted by Gasteiger charge is -2.60. The van der Waals surface area contributed by atoms with Gasteiger partial charge in [0, 0.05) is 49.0 Å².